The van der Waals surface area contributed by atoms with Gasteiger partial charge in [-0.25, -0.2) is 0 Å². The molecule has 0 N–H and O–H groups in total. The molecule has 0 amide bonds. The fourth-order valence-electron chi connectivity index (χ4n) is 11.7. The van der Waals surface area contributed by atoms with Crippen molar-refractivity contribution in [1.82, 2.24) is 0 Å². The molecule has 404 valence electrons. The van der Waals surface area contributed by atoms with Gasteiger partial charge in [-0.05, 0) is 191 Å². The van der Waals surface area contributed by atoms with E-state index in [2.05, 4.69) is 207 Å². The summed E-state index contributed by atoms with van der Waals surface area (Å²) in [5, 5.41) is 1.46. The molecule has 2 aliphatic rings. The number of rotatable bonds is 30. The largest absolute Gasteiger partial charge is 0.413 e. The van der Waals surface area contributed by atoms with E-state index in [0.29, 0.717) is 6.61 Å². The second-order valence-electron chi connectivity index (χ2n) is 21.3. The lowest BCUT2D eigenvalue weighted by atomic mass is 9.79. The molecule has 0 saturated carbocycles. The first kappa shape index (κ1) is 61.9. The van der Waals surface area contributed by atoms with E-state index in [1.807, 2.05) is 12.1 Å². The zero-order valence-electron chi connectivity index (χ0n) is 48.1. The van der Waals surface area contributed by atoms with E-state index in [1.54, 1.807) is 0 Å². The van der Waals surface area contributed by atoms with Crippen LogP contribution in [0.3, 0.4) is 0 Å². The van der Waals surface area contributed by atoms with Crippen LogP contribution >= 0.6 is 23.2 Å². The van der Waals surface area contributed by atoms with Gasteiger partial charge >= 0.3 is 0 Å². The molecule has 0 bridgehead atoms. The molecule has 0 unspecified atom stereocenters. The highest BCUT2D eigenvalue weighted by Crippen LogP contribution is 2.49. The van der Waals surface area contributed by atoms with Crippen molar-refractivity contribution in [3.63, 3.8) is 0 Å². The molecule has 3 aromatic carbocycles. The first-order valence-electron chi connectivity index (χ1n) is 28.8. The number of hydrogen-bond donors (Lipinski definition) is 0. The molecule has 0 saturated heterocycles. The average Bonchev–Trinajstić information content (AvgIpc) is 3.45. The Morgan fingerprint density at radius 3 is 0.808 bits per heavy atom. The summed E-state index contributed by atoms with van der Waals surface area (Å²) in [6.07, 6.45) is 18.6. The summed E-state index contributed by atoms with van der Waals surface area (Å²) in [6.45, 7) is 35.1. The summed E-state index contributed by atoms with van der Waals surface area (Å²) in [7, 11) is -10.6. The van der Waals surface area contributed by atoms with E-state index in [-0.39, 0.29) is 0 Å². The van der Waals surface area contributed by atoms with Crippen molar-refractivity contribution in [2.24, 2.45) is 0 Å². The molecule has 0 aliphatic heterocycles. The molecule has 0 atom stereocenters. The van der Waals surface area contributed by atoms with Gasteiger partial charge in [0.15, 0.2) is 41.6 Å². The fourth-order valence-corrected chi connectivity index (χ4v) is 26.2. The second kappa shape index (κ2) is 26.2. The molecule has 0 fully saturated rings. The molecule has 0 heterocycles. The van der Waals surface area contributed by atoms with Gasteiger partial charge in [-0.15, -0.1) is 0 Å². The van der Waals surface area contributed by atoms with Crippen LogP contribution in [0.2, 0.25) is 101 Å². The van der Waals surface area contributed by atoms with E-state index >= 15 is 0 Å². The Kier molecular flexibility index (Phi) is 22.2. The highest BCUT2D eigenvalue weighted by Gasteiger charge is 2.49. The number of hydrogen-bond acceptors (Lipinski definition) is 5. The first-order chi connectivity index (χ1) is 34.9. The quantitative estimate of drug-likeness (QED) is 0.0492. The van der Waals surface area contributed by atoms with Gasteiger partial charge in [0, 0.05) is 10.0 Å². The highest BCUT2D eigenvalue weighted by atomic mass is 35.5. The van der Waals surface area contributed by atoms with Crippen molar-refractivity contribution >= 4 is 64.8 Å². The summed E-state index contributed by atoms with van der Waals surface area (Å²) >= 11 is 13.6. The Balaban J connectivity index is 1.72. The minimum Gasteiger partial charge on any atom is -0.413 e. The molecule has 0 aromatic heterocycles. The van der Waals surface area contributed by atoms with Crippen LogP contribution in [0.5, 0.6) is 0 Å². The smallest absolute Gasteiger partial charge is 0.194 e. The maximum absolute atomic E-state index is 7.81. The molecular weight excluding hydrogens is 1020 g/mol. The SMILES string of the molecule is CC[Si](CC)(CC)OCc1cc(C2(O[Si](CC)(CC)CC)C=CC(O[Si](CC)(CC)CC)(c3ccc(C4(O[Si](CC)(CC)CC)C=CC(O[Si](CC)(CC)CC)(c5ccc(Cl)cc5)C=C4)cc3)C=C2)ccc1Cl. The summed E-state index contributed by atoms with van der Waals surface area (Å²) in [4.78, 5) is 0. The van der Waals surface area contributed by atoms with Crippen molar-refractivity contribution in [2.75, 3.05) is 0 Å². The second-order valence-corrected chi connectivity index (χ2v) is 45.7. The molecule has 12 heteroatoms. The maximum Gasteiger partial charge on any atom is 0.194 e. The predicted molar refractivity (Wildman–Crippen MR) is 328 cm³/mol. The van der Waals surface area contributed by atoms with Gasteiger partial charge in [-0.1, -0.05) is 170 Å². The minimum atomic E-state index is -2.22. The number of benzene rings is 3. The monoisotopic (exact) mass is 1120 g/mol. The van der Waals surface area contributed by atoms with Gasteiger partial charge in [-0.2, -0.15) is 0 Å². The molecular formula is C61H96Cl2O5Si5. The first-order valence-corrected chi connectivity index (χ1v) is 42.2. The van der Waals surface area contributed by atoms with Crippen molar-refractivity contribution in [3.8, 4) is 0 Å². The van der Waals surface area contributed by atoms with Crippen molar-refractivity contribution in [3.05, 3.63) is 153 Å². The van der Waals surface area contributed by atoms with Crippen LogP contribution < -0.4 is 0 Å². The standard InChI is InChI=1S/C61H96Cl2O5Si5/c1-16-69(17-2,18-3)64-50-51-49-55(37-40-57(51)63)61(68-73(28-13,29-14)30-15)47-45-59(46-48-61,66-71(22-7,23-8)24-9)53-33-31-52(32-34-53)58(65-70(19-4,20-5)21-6)41-43-60(44-42-58,54-35-38-56(62)39-36-54)67-72(25-10,26-11)27-12/h31-49H,16-30,50H2,1-15H3. The van der Waals surface area contributed by atoms with Crippen molar-refractivity contribution in [1.29, 1.82) is 0 Å². The lowest BCUT2D eigenvalue weighted by molar-refractivity contribution is 0.119. The predicted octanol–water partition coefficient (Wildman–Crippen LogP) is 20.0. The van der Waals surface area contributed by atoms with Gasteiger partial charge in [0.25, 0.3) is 0 Å². The van der Waals surface area contributed by atoms with Crippen LogP contribution in [0, 0.1) is 0 Å². The van der Waals surface area contributed by atoms with Gasteiger partial charge in [0.1, 0.15) is 22.4 Å². The molecule has 2 aliphatic carbocycles. The van der Waals surface area contributed by atoms with Crippen molar-refractivity contribution in [2.45, 2.75) is 224 Å². The Hall–Kier alpha value is -1.92. The third-order valence-electron chi connectivity index (χ3n) is 18.6. The van der Waals surface area contributed by atoms with Crippen LogP contribution in [0.15, 0.2) is 115 Å². The molecule has 0 spiro atoms. The van der Waals surface area contributed by atoms with E-state index in [4.69, 9.17) is 45.3 Å². The van der Waals surface area contributed by atoms with Crippen LogP contribution in [-0.2, 0) is 51.1 Å². The van der Waals surface area contributed by atoms with Gasteiger partial charge < -0.3 is 22.1 Å². The van der Waals surface area contributed by atoms with E-state index in [0.717, 1.165) is 129 Å². The summed E-state index contributed by atoms with van der Waals surface area (Å²) in [5.41, 5.74) is 2.26. The third kappa shape index (κ3) is 13.0. The average molecular weight is 1120 g/mol. The van der Waals surface area contributed by atoms with Gasteiger partial charge in [0.05, 0.1) is 6.61 Å². The van der Waals surface area contributed by atoms with Crippen LogP contribution in [0.25, 0.3) is 0 Å². The van der Waals surface area contributed by atoms with Crippen LogP contribution in [0.1, 0.15) is 132 Å². The van der Waals surface area contributed by atoms with Crippen LogP contribution in [-0.4, -0.2) is 41.6 Å². The molecule has 73 heavy (non-hydrogen) atoms. The maximum atomic E-state index is 7.81. The Morgan fingerprint density at radius 1 is 0.315 bits per heavy atom. The summed E-state index contributed by atoms with van der Waals surface area (Å²) in [5.74, 6) is 0. The molecule has 5 nitrogen and oxygen atoms in total. The Bertz CT molecular complexity index is 2260. The van der Waals surface area contributed by atoms with Gasteiger partial charge in [0.2, 0.25) is 0 Å². The molecule has 3 aromatic rings. The highest BCUT2D eigenvalue weighted by molar-refractivity contribution is 6.75. The molecule has 5 rings (SSSR count). The minimum absolute atomic E-state index is 0.509. The zero-order valence-corrected chi connectivity index (χ0v) is 54.6. The normalized spacial score (nSPS) is 22.6. The van der Waals surface area contributed by atoms with E-state index in [1.165, 1.54) is 0 Å². The Morgan fingerprint density at radius 2 is 0.548 bits per heavy atom. The fraction of sp³-hybridized carbons (Fsp3) is 0.574. The summed E-state index contributed by atoms with van der Waals surface area (Å²) in [6, 6.07) is 39.7. The lowest BCUT2D eigenvalue weighted by Gasteiger charge is -2.46. The zero-order chi connectivity index (χ0) is 53.8. The van der Waals surface area contributed by atoms with Gasteiger partial charge in [-0.3, -0.25) is 0 Å². The van der Waals surface area contributed by atoms with E-state index in [9.17, 15) is 0 Å². The van der Waals surface area contributed by atoms with E-state index < -0.39 is 64.0 Å². The molecule has 0 radical (unpaired) electrons. The summed E-state index contributed by atoms with van der Waals surface area (Å²) < 4.78 is 37.7. The van der Waals surface area contributed by atoms with Crippen LogP contribution in [0.4, 0.5) is 0 Å². The Labute approximate surface area is 460 Å². The lowest BCUT2D eigenvalue weighted by Crippen LogP contribution is -2.48. The van der Waals surface area contributed by atoms with Crippen molar-refractivity contribution < 1.29 is 22.1 Å². The number of halogens is 2. The topological polar surface area (TPSA) is 46.2 Å². The third-order valence-corrected chi connectivity index (χ3v) is 42.4.